The molecular formula is C22H24N4O3. The lowest BCUT2D eigenvalue weighted by atomic mass is 10.0. The second-order valence-electron chi connectivity index (χ2n) is 7.60. The Hall–Kier alpha value is -3.22. The van der Waals surface area contributed by atoms with Crippen LogP contribution in [-0.2, 0) is 11.2 Å². The predicted octanol–water partition coefficient (Wildman–Crippen LogP) is 2.84. The van der Waals surface area contributed by atoms with Crippen LogP contribution < -0.4 is 0 Å². The van der Waals surface area contributed by atoms with Crippen LogP contribution in [-0.4, -0.2) is 57.1 Å². The summed E-state index contributed by atoms with van der Waals surface area (Å²) in [5.74, 6) is -0.0281. The minimum atomic E-state index is -0.0965. The molecule has 4 rings (SSSR count). The molecular weight excluding hydrogens is 368 g/mol. The predicted molar refractivity (Wildman–Crippen MR) is 108 cm³/mol. The first-order valence-electron chi connectivity index (χ1n) is 9.83. The number of nitrogens with zero attached hydrogens (tertiary/aromatic N) is 4. The number of amides is 2. The number of piperazine rings is 1. The largest absolute Gasteiger partial charge is 0.336 e. The Balaban J connectivity index is 1.48. The smallest absolute Gasteiger partial charge is 0.254 e. The number of carbonyl (C=O) groups excluding carboxylic acids is 2. The SMILES string of the molecule is Cc1nonc1CC(=O)N1CCN(C(=O)c2ccc3ccccc3c2)[C@H](C)[C@@H]1C. The van der Waals surface area contributed by atoms with Crippen molar-refractivity contribution < 1.29 is 14.2 Å². The summed E-state index contributed by atoms with van der Waals surface area (Å²) in [5, 5.41) is 9.69. The highest BCUT2D eigenvalue weighted by Crippen LogP contribution is 2.23. The van der Waals surface area contributed by atoms with Gasteiger partial charge in [0, 0.05) is 30.7 Å². The van der Waals surface area contributed by atoms with Gasteiger partial charge in [-0.25, -0.2) is 4.63 Å². The fourth-order valence-corrected chi connectivity index (χ4v) is 3.92. The number of fused-ring (bicyclic) bond motifs is 1. The van der Waals surface area contributed by atoms with Gasteiger partial charge in [0.15, 0.2) is 0 Å². The molecule has 150 valence electrons. The molecule has 0 spiro atoms. The molecule has 2 atom stereocenters. The van der Waals surface area contributed by atoms with Gasteiger partial charge >= 0.3 is 0 Å². The number of rotatable bonds is 3. The van der Waals surface area contributed by atoms with Crippen molar-refractivity contribution >= 4 is 22.6 Å². The van der Waals surface area contributed by atoms with Crippen LogP contribution in [0.25, 0.3) is 10.8 Å². The van der Waals surface area contributed by atoms with E-state index in [9.17, 15) is 9.59 Å². The lowest BCUT2D eigenvalue weighted by Gasteiger charge is -2.45. The minimum absolute atomic E-state index is 0.00116. The van der Waals surface area contributed by atoms with E-state index in [1.54, 1.807) is 6.92 Å². The molecule has 0 bridgehead atoms. The average Bonchev–Trinajstić information content (AvgIpc) is 3.13. The van der Waals surface area contributed by atoms with Crippen molar-refractivity contribution in [3.05, 3.63) is 59.4 Å². The molecule has 1 saturated heterocycles. The standard InChI is InChI=1S/C22H24N4O3/c1-14-20(24-29-23-14)13-21(27)25-10-11-26(16(3)15(25)2)22(28)19-9-8-17-6-4-5-7-18(17)12-19/h4-9,12,15-16H,10-11,13H2,1-3H3/t15-,16+/m0/s1. The summed E-state index contributed by atoms with van der Waals surface area (Å²) in [7, 11) is 0. The van der Waals surface area contributed by atoms with Crippen molar-refractivity contribution in [1.29, 1.82) is 0 Å². The van der Waals surface area contributed by atoms with Crippen molar-refractivity contribution in [3.63, 3.8) is 0 Å². The van der Waals surface area contributed by atoms with E-state index in [1.165, 1.54) is 0 Å². The molecule has 0 radical (unpaired) electrons. The molecule has 0 aliphatic carbocycles. The maximum atomic E-state index is 13.2. The summed E-state index contributed by atoms with van der Waals surface area (Å²) in [4.78, 5) is 29.6. The molecule has 0 unspecified atom stereocenters. The molecule has 7 nitrogen and oxygen atoms in total. The summed E-state index contributed by atoms with van der Waals surface area (Å²) in [6, 6.07) is 13.6. The van der Waals surface area contributed by atoms with E-state index in [-0.39, 0.29) is 30.3 Å². The Morgan fingerprint density at radius 1 is 1.00 bits per heavy atom. The molecule has 1 fully saturated rings. The molecule has 2 heterocycles. The van der Waals surface area contributed by atoms with Gasteiger partial charge in [0.2, 0.25) is 5.91 Å². The maximum absolute atomic E-state index is 13.2. The molecule has 3 aromatic rings. The van der Waals surface area contributed by atoms with Crippen LogP contribution in [0.1, 0.15) is 35.6 Å². The van der Waals surface area contributed by atoms with Gasteiger partial charge in [0.1, 0.15) is 11.4 Å². The van der Waals surface area contributed by atoms with Crippen molar-refractivity contribution in [2.45, 2.75) is 39.3 Å². The van der Waals surface area contributed by atoms with Crippen molar-refractivity contribution in [2.75, 3.05) is 13.1 Å². The third kappa shape index (κ3) is 3.60. The van der Waals surface area contributed by atoms with E-state index in [0.29, 0.717) is 30.0 Å². The van der Waals surface area contributed by atoms with Gasteiger partial charge in [-0.05, 0) is 43.7 Å². The number of aryl methyl sites for hydroxylation is 1. The highest BCUT2D eigenvalue weighted by Gasteiger charge is 2.36. The van der Waals surface area contributed by atoms with E-state index >= 15 is 0 Å². The zero-order valence-electron chi connectivity index (χ0n) is 16.8. The second-order valence-corrected chi connectivity index (χ2v) is 7.60. The Bertz CT molecular complexity index is 1060. The van der Waals surface area contributed by atoms with Crippen LogP contribution in [0.5, 0.6) is 0 Å². The molecule has 1 aliphatic rings. The van der Waals surface area contributed by atoms with Crippen LogP contribution in [0.2, 0.25) is 0 Å². The van der Waals surface area contributed by atoms with Gasteiger partial charge in [-0.2, -0.15) is 0 Å². The second kappa shape index (κ2) is 7.66. The highest BCUT2D eigenvalue weighted by atomic mass is 16.6. The Morgan fingerprint density at radius 2 is 1.69 bits per heavy atom. The summed E-state index contributed by atoms with van der Waals surface area (Å²) < 4.78 is 4.69. The first-order valence-corrected chi connectivity index (χ1v) is 9.83. The number of carbonyl (C=O) groups is 2. The zero-order valence-corrected chi connectivity index (χ0v) is 16.8. The molecule has 0 N–H and O–H groups in total. The van der Waals surface area contributed by atoms with Crippen LogP contribution >= 0.6 is 0 Å². The van der Waals surface area contributed by atoms with Crippen molar-refractivity contribution in [3.8, 4) is 0 Å². The quantitative estimate of drug-likeness (QED) is 0.685. The van der Waals surface area contributed by atoms with Crippen LogP contribution in [0, 0.1) is 6.92 Å². The van der Waals surface area contributed by atoms with Crippen LogP contribution in [0.4, 0.5) is 0 Å². The van der Waals surface area contributed by atoms with E-state index in [2.05, 4.69) is 14.9 Å². The Morgan fingerprint density at radius 3 is 2.41 bits per heavy atom. The van der Waals surface area contributed by atoms with Crippen LogP contribution in [0.15, 0.2) is 47.1 Å². The summed E-state index contributed by atoms with van der Waals surface area (Å²) >= 11 is 0. The third-order valence-electron chi connectivity index (χ3n) is 5.91. The fourth-order valence-electron chi connectivity index (χ4n) is 3.92. The van der Waals surface area contributed by atoms with E-state index < -0.39 is 0 Å². The van der Waals surface area contributed by atoms with Gasteiger partial charge in [-0.3, -0.25) is 9.59 Å². The third-order valence-corrected chi connectivity index (χ3v) is 5.91. The molecule has 29 heavy (non-hydrogen) atoms. The van der Waals surface area contributed by atoms with Gasteiger partial charge in [-0.1, -0.05) is 40.6 Å². The first-order chi connectivity index (χ1) is 14.0. The monoisotopic (exact) mass is 392 g/mol. The summed E-state index contributed by atoms with van der Waals surface area (Å²) in [6.45, 7) is 6.74. The fraction of sp³-hybridized carbons (Fsp3) is 0.364. The molecule has 7 heteroatoms. The Labute approximate surface area is 169 Å². The van der Waals surface area contributed by atoms with Gasteiger partial charge in [0.25, 0.3) is 5.91 Å². The van der Waals surface area contributed by atoms with Gasteiger partial charge in [-0.15, -0.1) is 0 Å². The number of benzene rings is 2. The van der Waals surface area contributed by atoms with Gasteiger partial charge in [0.05, 0.1) is 6.42 Å². The molecule has 1 aliphatic heterocycles. The normalized spacial score (nSPS) is 19.6. The molecule has 2 amide bonds. The van der Waals surface area contributed by atoms with Crippen LogP contribution in [0.3, 0.4) is 0 Å². The van der Waals surface area contributed by atoms with Crippen molar-refractivity contribution in [2.24, 2.45) is 0 Å². The van der Waals surface area contributed by atoms with E-state index in [0.717, 1.165) is 10.8 Å². The van der Waals surface area contributed by atoms with Gasteiger partial charge < -0.3 is 9.80 Å². The number of hydrogen-bond donors (Lipinski definition) is 0. The molecule has 0 saturated carbocycles. The van der Waals surface area contributed by atoms with Crippen molar-refractivity contribution in [1.82, 2.24) is 20.1 Å². The number of aromatic nitrogens is 2. The van der Waals surface area contributed by atoms with E-state index in [1.807, 2.05) is 66.1 Å². The minimum Gasteiger partial charge on any atom is -0.336 e. The first kappa shape index (κ1) is 19.1. The average molecular weight is 392 g/mol. The lowest BCUT2D eigenvalue weighted by Crippen LogP contribution is -2.60. The Kier molecular flexibility index (Phi) is 5.05. The number of hydrogen-bond acceptors (Lipinski definition) is 5. The van der Waals surface area contributed by atoms with E-state index in [4.69, 9.17) is 0 Å². The molecule has 1 aromatic heterocycles. The highest BCUT2D eigenvalue weighted by molar-refractivity contribution is 5.99. The topological polar surface area (TPSA) is 79.5 Å². The summed E-state index contributed by atoms with van der Waals surface area (Å²) in [6.07, 6.45) is 0.158. The summed E-state index contributed by atoms with van der Waals surface area (Å²) in [5.41, 5.74) is 1.86. The molecule has 2 aromatic carbocycles. The zero-order chi connectivity index (χ0) is 20.5. The lowest BCUT2D eigenvalue weighted by molar-refractivity contribution is -0.136. The maximum Gasteiger partial charge on any atom is 0.254 e.